The van der Waals surface area contributed by atoms with Crippen LogP contribution < -0.4 is 15.0 Å². The maximum absolute atomic E-state index is 12.4. The van der Waals surface area contributed by atoms with Crippen LogP contribution in [0.1, 0.15) is 45.2 Å². The molecule has 0 spiro atoms. The van der Waals surface area contributed by atoms with Crippen molar-refractivity contribution < 1.29 is 19.0 Å². The average molecular weight is 537 g/mol. The summed E-state index contributed by atoms with van der Waals surface area (Å²) in [6, 6.07) is 6.30. The van der Waals surface area contributed by atoms with Crippen molar-refractivity contribution >= 4 is 23.2 Å². The molecular weight excluding hydrogens is 496 g/mol. The van der Waals surface area contributed by atoms with Crippen LogP contribution in [0.4, 0.5) is 16.4 Å². The zero-order valence-corrected chi connectivity index (χ0v) is 23.5. The van der Waals surface area contributed by atoms with E-state index in [2.05, 4.69) is 31.4 Å². The van der Waals surface area contributed by atoms with Gasteiger partial charge >= 0.3 is 6.09 Å². The number of aromatic nitrogens is 3. The number of aryl methyl sites for hydroxylation is 1. The number of fused-ring (bicyclic) bond motifs is 1. The van der Waals surface area contributed by atoms with Crippen LogP contribution >= 0.6 is 0 Å². The highest BCUT2D eigenvalue weighted by molar-refractivity contribution is 5.89. The topological polar surface area (TPSA) is 93.5 Å². The maximum Gasteiger partial charge on any atom is 0.412 e. The molecule has 1 aromatic carbocycles. The first-order chi connectivity index (χ1) is 19.0. The van der Waals surface area contributed by atoms with Crippen LogP contribution in [-0.2, 0) is 9.47 Å². The summed E-state index contributed by atoms with van der Waals surface area (Å²) in [7, 11) is 1.59. The largest absolute Gasteiger partial charge is 0.495 e. The fraction of sp³-hybridized carbons (Fsp3) is 0.552. The third-order valence-electron chi connectivity index (χ3n) is 7.74. The van der Waals surface area contributed by atoms with Gasteiger partial charge < -0.3 is 19.1 Å². The van der Waals surface area contributed by atoms with E-state index in [-0.39, 0.29) is 6.10 Å². The molecule has 0 saturated carbocycles. The molecule has 0 aliphatic carbocycles. The van der Waals surface area contributed by atoms with Crippen molar-refractivity contribution in [3.63, 3.8) is 0 Å². The van der Waals surface area contributed by atoms with E-state index in [9.17, 15) is 4.79 Å². The molecule has 39 heavy (non-hydrogen) atoms. The molecule has 0 bridgehead atoms. The molecule has 210 valence electrons. The number of methoxy groups -OCH3 is 1. The molecule has 1 N–H and O–H groups in total. The van der Waals surface area contributed by atoms with Crippen LogP contribution in [-0.4, -0.2) is 84.0 Å². The molecule has 10 heteroatoms. The van der Waals surface area contributed by atoms with Crippen molar-refractivity contribution in [3.05, 3.63) is 36.3 Å². The van der Waals surface area contributed by atoms with E-state index in [0.29, 0.717) is 17.5 Å². The standard InChI is InChI=1S/C29H40N6O4/c1-5-6-20(2)39-29(36)31-24-8-7-22(19-25(24)37-4)26-27-21(3)30-11-14-35(27)28(32-26)34-12-9-23(10-13-34)33-15-17-38-18-16-33/h7-8,11,14,19-20,23H,5-6,9-10,12-13,15-18H2,1-4H3,(H,31,36). The fourth-order valence-electron chi connectivity index (χ4n) is 5.71. The molecule has 2 aromatic heterocycles. The molecule has 0 radical (unpaired) electrons. The van der Waals surface area contributed by atoms with E-state index in [4.69, 9.17) is 19.2 Å². The summed E-state index contributed by atoms with van der Waals surface area (Å²) in [5.41, 5.74) is 4.17. The zero-order valence-electron chi connectivity index (χ0n) is 23.5. The monoisotopic (exact) mass is 536 g/mol. The number of hydrogen-bond acceptors (Lipinski definition) is 8. The van der Waals surface area contributed by atoms with Gasteiger partial charge in [-0.1, -0.05) is 19.4 Å². The lowest BCUT2D eigenvalue weighted by molar-refractivity contribution is 0.0114. The van der Waals surface area contributed by atoms with Gasteiger partial charge in [0.2, 0.25) is 5.95 Å². The minimum absolute atomic E-state index is 0.148. The number of amides is 1. The molecule has 1 atom stereocenters. The van der Waals surface area contributed by atoms with Gasteiger partial charge in [-0.25, -0.2) is 9.78 Å². The number of benzene rings is 1. The molecule has 1 amide bonds. The minimum atomic E-state index is -0.489. The Morgan fingerprint density at radius 1 is 1.21 bits per heavy atom. The number of piperidine rings is 1. The maximum atomic E-state index is 12.4. The Balaban J connectivity index is 1.39. The summed E-state index contributed by atoms with van der Waals surface area (Å²) in [5.74, 6) is 1.48. The lowest BCUT2D eigenvalue weighted by atomic mass is 10.0. The van der Waals surface area contributed by atoms with Gasteiger partial charge in [-0.3, -0.25) is 19.6 Å². The number of anilines is 2. The number of nitrogens with zero attached hydrogens (tertiary/aromatic N) is 5. The second kappa shape index (κ2) is 12.2. The highest BCUT2D eigenvalue weighted by Gasteiger charge is 2.29. The Morgan fingerprint density at radius 2 is 1.97 bits per heavy atom. The van der Waals surface area contributed by atoms with E-state index in [1.807, 2.05) is 44.4 Å². The molecule has 5 rings (SSSR count). The first-order valence-electron chi connectivity index (χ1n) is 14.0. The van der Waals surface area contributed by atoms with Crippen LogP contribution in [0.3, 0.4) is 0 Å². The normalized spacial score (nSPS) is 17.8. The van der Waals surface area contributed by atoms with Crippen LogP contribution in [0.25, 0.3) is 16.8 Å². The SMILES string of the molecule is CCCC(C)OC(=O)Nc1ccc(-c2nc(N3CCC(N4CCOCC4)CC3)n3ccnc(C)c23)cc1OC. The minimum Gasteiger partial charge on any atom is -0.495 e. The molecule has 2 aliphatic rings. The number of morpholine rings is 1. The second-order valence-electron chi connectivity index (χ2n) is 10.4. The summed E-state index contributed by atoms with van der Waals surface area (Å²) < 4.78 is 18.8. The lowest BCUT2D eigenvalue weighted by Gasteiger charge is -2.40. The highest BCUT2D eigenvalue weighted by Crippen LogP contribution is 2.36. The number of carbonyl (C=O) groups is 1. The number of hydrogen-bond donors (Lipinski definition) is 1. The molecule has 3 aromatic rings. The summed E-state index contributed by atoms with van der Waals surface area (Å²) in [5, 5.41) is 2.82. The Hall–Kier alpha value is -3.37. The number of carbonyl (C=O) groups excluding carboxylic acids is 1. The molecule has 4 heterocycles. The van der Waals surface area contributed by atoms with Gasteiger partial charge in [0.15, 0.2) is 0 Å². The molecule has 2 aliphatic heterocycles. The number of nitrogens with one attached hydrogen (secondary N) is 1. The van der Waals surface area contributed by atoms with Crippen LogP contribution in [0.2, 0.25) is 0 Å². The van der Waals surface area contributed by atoms with Crippen molar-refractivity contribution in [1.29, 1.82) is 0 Å². The van der Waals surface area contributed by atoms with Gasteiger partial charge in [0.05, 0.1) is 37.2 Å². The predicted molar refractivity (Wildman–Crippen MR) is 152 cm³/mol. The van der Waals surface area contributed by atoms with Gasteiger partial charge in [0, 0.05) is 50.2 Å². The van der Waals surface area contributed by atoms with Crippen molar-refractivity contribution in [2.24, 2.45) is 0 Å². The van der Waals surface area contributed by atoms with Crippen LogP contribution in [0.5, 0.6) is 5.75 Å². The molecule has 2 fully saturated rings. The van der Waals surface area contributed by atoms with E-state index in [0.717, 1.165) is 93.5 Å². The molecule has 10 nitrogen and oxygen atoms in total. The molecular formula is C29H40N6O4. The second-order valence-corrected chi connectivity index (χ2v) is 10.4. The zero-order chi connectivity index (χ0) is 27.4. The van der Waals surface area contributed by atoms with Crippen LogP contribution in [0.15, 0.2) is 30.6 Å². The van der Waals surface area contributed by atoms with Gasteiger partial charge in [0.25, 0.3) is 0 Å². The van der Waals surface area contributed by atoms with Gasteiger partial charge in [-0.05, 0) is 45.2 Å². The number of rotatable bonds is 8. The van der Waals surface area contributed by atoms with E-state index in [1.54, 1.807) is 7.11 Å². The quantitative estimate of drug-likeness (QED) is 0.441. The van der Waals surface area contributed by atoms with Crippen molar-refractivity contribution in [2.45, 2.75) is 58.6 Å². The van der Waals surface area contributed by atoms with Crippen molar-refractivity contribution in [1.82, 2.24) is 19.3 Å². The first kappa shape index (κ1) is 27.2. The number of ether oxygens (including phenoxy) is 3. The van der Waals surface area contributed by atoms with Crippen molar-refractivity contribution in [2.75, 3.05) is 56.7 Å². The lowest BCUT2D eigenvalue weighted by Crippen LogP contribution is -2.49. The third kappa shape index (κ3) is 5.96. The molecule has 2 saturated heterocycles. The summed E-state index contributed by atoms with van der Waals surface area (Å²) >= 11 is 0. The average Bonchev–Trinajstić information content (AvgIpc) is 3.35. The van der Waals surface area contributed by atoms with Gasteiger partial charge in [0.1, 0.15) is 17.5 Å². The third-order valence-corrected chi connectivity index (χ3v) is 7.74. The van der Waals surface area contributed by atoms with Gasteiger partial charge in [-0.15, -0.1) is 0 Å². The Labute approximate surface area is 230 Å². The summed E-state index contributed by atoms with van der Waals surface area (Å²) in [6.45, 7) is 11.6. The van der Waals surface area contributed by atoms with E-state index >= 15 is 0 Å². The summed E-state index contributed by atoms with van der Waals surface area (Å²) in [4.78, 5) is 27.1. The Kier molecular flexibility index (Phi) is 8.52. The molecule has 1 unspecified atom stereocenters. The summed E-state index contributed by atoms with van der Waals surface area (Å²) in [6.07, 6.45) is 7.16. The predicted octanol–water partition coefficient (Wildman–Crippen LogP) is 4.75. The highest BCUT2D eigenvalue weighted by atomic mass is 16.6. The van der Waals surface area contributed by atoms with E-state index < -0.39 is 6.09 Å². The first-order valence-corrected chi connectivity index (χ1v) is 14.0. The smallest absolute Gasteiger partial charge is 0.412 e. The van der Waals surface area contributed by atoms with E-state index in [1.165, 1.54) is 0 Å². The Morgan fingerprint density at radius 3 is 2.69 bits per heavy atom. The Bertz CT molecular complexity index is 1280. The fourth-order valence-corrected chi connectivity index (χ4v) is 5.71. The van der Waals surface area contributed by atoms with Crippen molar-refractivity contribution in [3.8, 4) is 17.0 Å². The number of imidazole rings is 1. The van der Waals surface area contributed by atoms with Crippen LogP contribution in [0, 0.1) is 6.92 Å². The van der Waals surface area contributed by atoms with Gasteiger partial charge in [-0.2, -0.15) is 0 Å².